The molecule has 2 aliphatic heterocycles. The van der Waals surface area contributed by atoms with Gasteiger partial charge in [0.2, 0.25) is 5.91 Å². The molecule has 168 valence electrons. The fraction of sp³-hybridized carbons (Fsp3) is 0.200. The first kappa shape index (κ1) is 21.6. The smallest absolute Gasteiger partial charge is 0.236 e. The van der Waals surface area contributed by atoms with E-state index in [1.165, 1.54) is 0 Å². The zero-order chi connectivity index (χ0) is 23.2. The summed E-state index contributed by atoms with van der Waals surface area (Å²) in [7, 11) is 1.62. The van der Waals surface area contributed by atoms with Gasteiger partial charge in [-0.05, 0) is 73.7 Å². The summed E-state index contributed by atoms with van der Waals surface area (Å²) in [6.45, 7) is 1.90. The van der Waals surface area contributed by atoms with Crippen LogP contribution in [-0.4, -0.2) is 23.9 Å². The Morgan fingerprint density at radius 2 is 1.82 bits per heavy atom. The summed E-state index contributed by atoms with van der Waals surface area (Å²) < 4.78 is 11.9. The highest BCUT2D eigenvalue weighted by Crippen LogP contribution is 2.49. The number of hydrogen-bond acceptors (Lipinski definition) is 4. The van der Waals surface area contributed by atoms with Crippen molar-refractivity contribution in [3.63, 3.8) is 0 Å². The summed E-state index contributed by atoms with van der Waals surface area (Å²) >= 11 is 11.8. The minimum atomic E-state index is -1.08. The zero-order valence-corrected chi connectivity index (χ0v) is 19.6. The molecule has 2 heterocycles. The minimum Gasteiger partial charge on any atom is -0.497 e. The van der Waals surface area contributed by atoms with Crippen LogP contribution in [0.15, 0.2) is 72.8 Å². The summed E-state index contributed by atoms with van der Waals surface area (Å²) in [4.78, 5) is 15.6. The summed E-state index contributed by atoms with van der Waals surface area (Å²) in [5, 5.41) is 7.50. The monoisotopic (exact) mass is 479 g/mol. The number of nitrogens with one attached hydrogen (secondary N) is 2. The number of anilines is 2. The van der Waals surface area contributed by atoms with Gasteiger partial charge >= 0.3 is 0 Å². The lowest BCUT2D eigenvalue weighted by Crippen LogP contribution is -2.72. The number of methoxy groups -OCH3 is 1. The largest absolute Gasteiger partial charge is 0.497 e. The topological polar surface area (TPSA) is 62.8 Å². The number of thiocarbonyl (C=S) groups is 1. The number of hydrogen-bond donors (Lipinski definition) is 2. The van der Waals surface area contributed by atoms with E-state index in [9.17, 15) is 4.79 Å². The Hall–Kier alpha value is -3.29. The molecule has 0 aliphatic carbocycles. The molecular weight excluding hydrogens is 458 g/mol. The van der Waals surface area contributed by atoms with Crippen LogP contribution >= 0.6 is 23.8 Å². The molecule has 8 heteroatoms. The first-order valence-electron chi connectivity index (χ1n) is 10.5. The van der Waals surface area contributed by atoms with E-state index < -0.39 is 11.6 Å². The van der Waals surface area contributed by atoms with Gasteiger partial charge in [0.05, 0.1) is 13.2 Å². The maximum Gasteiger partial charge on any atom is 0.236 e. The van der Waals surface area contributed by atoms with Gasteiger partial charge in [0.15, 0.2) is 10.8 Å². The van der Waals surface area contributed by atoms with Gasteiger partial charge in [0.25, 0.3) is 0 Å². The number of fused-ring (bicyclic) bond motifs is 4. The second kappa shape index (κ2) is 8.24. The van der Waals surface area contributed by atoms with Gasteiger partial charge in [-0.2, -0.15) is 0 Å². The van der Waals surface area contributed by atoms with E-state index >= 15 is 0 Å². The van der Waals surface area contributed by atoms with E-state index in [-0.39, 0.29) is 11.9 Å². The molecule has 0 aromatic heterocycles. The number of amides is 1. The molecule has 33 heavy (non-hydrogen) atoms. The van der Waals surface area contributed by atoms with Crippen molar-refractivity contribution < 1.29 is 14.3 Å². The van der Waals surface area contributed by atoms with E-state index in [0.29, 0.717) is 21.6 Å². The highest BCUT2D eigenvalue weighted by atomic mass is 35.5. The Balaban J connectivity index is 1.59. The number of rotatable bonds is 4. The van der Waals surface area contributed by atoms with E-state index in [4.69, 9.17) is 33.3 Å². The zero-order valence-electron chi connectivity index (χ0n) is 18.0. The normalized spacial score (nSPS) is 23.1. The molecule has 3 aromatic rings. The third kappa shape index (κ3) is 3.67. The van der Waals surface area contributed by atoms with Crippen LogP contribution in [0.1, 0.15) is 18.5 Å². The fourth-order valence-corrected chi connectivity index (χ4v) is 5.14. The molecule has 0 unspecified atom stereocenters. The number of carbonyl (C=O) groups is 1. The maximum absolute atomic E-state index is 13.7. The van der Waals surface area contributed by atoms with Gasteiger partial charge < -0.3 is 20.1 Å². The third-order valence-electron chi connectivity index (χ3n) is 6.13. The Labute approximate surface area is 202 Å². The van der Waals surface area contributed by atoms with Crippen LogP contribution in [0, 0.1) is 5.92 Å². The van der Waals surface area contributed by atoms with Gasteiger partial charge in [-0.15, -0.1) is 0 Å². The summed E-state index contributed by atoms with van der Waals surface area (Å²) in [6.07, 6.45) is 0. The Bertz CT molecular complexity index is 1220. The second-order valence-corrected chi connectivity index (χ2v) is 8.95. The number of benzene rings is 3. The molecule has 3 aromatic carbocycles. The molecule has 1 fully saturated rings. The third-order valence-corrected chi connectivity index (χ3v) is 6.68. The van der Waals surface area contributed by atoms with Crippen LogP contribution < -0.4 is 25.0 Å². The number of para-hydroxylation sites is 1. The molecule has 0 radical (unpaired) electrons. The van der Waals surface area contributed by atoms with Crippen molar-refractivity contribution in [2.75, 3.05) is 17.3 Å². The van der Waals surface area contributed by atoms with Crippen molar-refractivity contribution in [3.05, 3.63) is 83.4 Å². The fourth-order valence-electron chi connectivity index (χ4n) is 4.60. The Morgan fingerprint density at radius 3 is 2.52 bits per heavy atom. The molecule has 5 rings (SSSR count). The van der Waals surface area contributed by atoms with Crippen LogP contribution in [0.4, 0.5) is 11.4 Å². The molecule has 2 N–H and O–H groups in total. The predicted octanol–water partition coefficient (Wildman–Crippen LogP) is 5.15. The maximum atomic E-state index is 13.7. The van der Waals surface area contributed by atoms with Crippen LogP contribution in [0.5, 0.6) is 11.5 Å². The molecule has 3 atom stereocenters. The molecule has 2 bridgehead atoms. The van der Waals surface area contributed by atoms with Crippen molar-refractivity contribution >= 4 is 46.2 Å². The van der Waals surface area contributed by atoms with Gasteiger partial charge in [0.1, 0.15) is 17.4 Å². The average molecular weight is 480 g/mol. The van der Waals surface area contributed by atoms with Gasteiger partial charge in [-0.25, -0.2) is 0 Å². The van der Waals surface area contributed by atoms with E-state index in [1.807, 2.05) is 60.4 Å². The Morgan fingerprint density at radius 1 is 1.12 bits per heavy atom. The molecule has 2 aliphatic rings. The first-order valence-corrected chi connectivity index (χ1v) is 11.3. The molecule has 1 saturated heterocycles. The van der Waals surface area contributed by atoms with Crippen molar-refractivity contribution in [2.24, 2.45) is 5.92 Å². The lowest BCUT2D eigenvalue weighted by atomic mass is 9.78. The highest BCUT2D eigenvalue weighted by molar-refractivity contribution is 7.80. The van der Waals surface area contributed by atoms with Gasteiger partial charge in [-0.3, -0.25) is 9.69 Å². The van der Waals surface area contributed by atoms with Crippen LogP contribution in [-0.2, 0) is 4.79 Å². The van der Waals surface area contributed by atoms with E-state index in [1.54, 1.807) is 31.4 Å². The Kier molecular flexibility index (Phi) is 5.38. The van der Waals surface area contributed by atoms with E-state index in [2.05, 4.69) is 10.6 Å². The minimum absolute atomic E-state index is 0.187. The van der Waals surface area contributed by atoms with Gasteiger partial charge in [-0.1, -0.05) is 29.8 Å². The number of halogens is 1. The second-order valence-electron chi connectivity index (χ2n) is 8.13. The van der Waals surface area contributed by atoms with Crippen LogP contribution in [0.2, 0.25) is 5.02 Å². The summed E-state index contributed by atoms with van der Waals surface area (Å²) in [5.74, 6) is 0.642. The highest BCUT2D eigenvalue weighted by Gasteiger charge is 2.59. The number of nitrogens with zero attached hydrogens (tertiary/aromatic N) is 1. The van der Waals surface area contributed by atoms with Crippen molar-refractivity contribution in [1.82, 2.24) is 5.32 Å². The standard InChI is InChI=1S/C25H22ClN3O3S/c1-25-21(23(30)27-16-9-7-15(26)8-10-16)22(19-5-3-4-6-20(19)32-25)28-24(33)29(25)17-11-13-18(31-2)14-12-17/h3-14,21-22H,1-2H3,(H,27,30)(H,28,33)/t21-,22-,25-/m1/s1. The first-order chi connectivity index (χ1) is 15.9. The number of carbonyl (C=O) groups excluding carboxylic acids is 1. The van der Waals surface area contributed by atoms with Gasteiger partial charge in [0, 0.05) is 22.0 Å². The molecule has 0 spiro atoms. The lowest BCUT2D eigenvalue weighted by molar-refractivity contribution is -0.130. The molecule has 6 nitrogen and oxygen atoms in total. The van der Waals surface area contributed by atoms with Crippen LogP contribution in [0.3, 0.4) is 0 Å². The molecular formula is C25H22ClN3O3S. The summed E-state index contributed by atoms with van der Waals surface area (Å²) in [6, 6.07) is 21.9. The SMILES string of the molecule is COc1ccc(N2C(=S)N[C@@H]3c4ccccc4O[C@]2(C)[C@H]3C(=O)Nc2ccc(Cl)cc2)cc1. The summed E-state index contributed by atoms with van der Waals surface area (Å²) in [5.41, 5.74) is 1.26. The molecule has 0 saturated carbocycles. The lowest BCUT2D eigenvalue weighted by Gasteiger charge is -2.56. The average Bonchev–Trinajstić information content (AvgIpc) is 2.80. The van der Waals surface area contributed by atoms with Crippen molar-refractivity contribution in [1.29, 1.82) is 0 Å². The van der Waals surface area contributed by atoms with E-state index in [0.717, 1.165) is 17.0 Å². The molecule has 1 amide bonds. The van der Waals surface area contributed by atoms with Crippen molar-refractivity contribution in [2.45, 2.75) is 18.7 Å². The van der Waals surface area contributed by atoms with Crippen LogP contribution in [0.25, 0.3) is 0 Å². The number of ether oxygens (including phenoxy) is 2. The predicted molar refractivity (Wildman–Crippen MR) is 133 cm³/mol. The quantitative estimate of drug-likeness (QED) is 0.505. The van der Waals surface area contributed by atoms with Crippen molar-refractivity contribution in [3.8, 4) is 11.5 Å².